The molecular formula is C15H13Cl2NO2S. The number of hydrogen-bond acceptors (Lipinski definition) is 3. The fraction of sp³-hybridized carbons (Fsp3) is 0.133. The molecule has 0 bridgehead atoms. The van der Waals surface area contributed by atoms with Crippen molar-refractivity contribution in [1.82, 2.24) is 4.90 Å². The lowest BCUT2D eigenvalue weighted by atomic mass is 10.2. The molecule has 1 aromatic carbocycles. The molecule has 2 aromatic rings. The molecule has 0 aliphatic rings. The van der Waals surface area contributed by atoms with E-state index in [1.165, 1.54) is 12.1 Å². The second-order valence-electron chi connectivity index (χ2n) is 4.34. The number of carbonyl (C=O) groups excluding carboxylic acids is 1. The minimum Gasteiger partial charge on any atom is -0.505 e. The highest BCUT2D eigenvalue weighted by atomic mass is 35.5. The molecule has 1 heterocycles. The number of halogens is 2. The molecular weight excluding hydrogens is 329 g/mol. The van der Waals surface area contributed by atoms with Gasteiger partial charge in [0.05, 0.1) is 16.6 Å². The molecule has 0 fully saturated rings. The summed E-state index contributed by atoms with van der Waals surface area (Å²) in [6.07, 6.45) is 1.66. The van der Waals surface area contributed by atoms with E-state index in [0.29, 0.717) is 18.7 Å². The van der Waals surface area contributed by atoms with Crippen molar-refractivity contribution < 1.29 is 9.90 Å². The average molecular weight is 342 g/mol. The van der Waals surface area contributed by atoms with Gasteiger partial charge in [-0.15, -0.1) is 17.9 Å². The highest BCUT2D eigenvalue weighted by Crippen LogP contribution is 2.33. The van der Waals surface area contributed by atoms with E-state index in [0.717, 1.165) is 4.88 Å². The Morgan fingerprint density at radius 1 is 1.38 bits per heavy atom. The van der Waals surface area contributed by atoms with E-state index in [9.17, 15) is 9.90 Å². The number of phenols is 1. The molecule has 3 nitrogen and oxygen atoms in total. The first kappa shape index (κ1) is 15.9. The minimum atomic E-state index is -0.219. The molecule has 110 valence electrons. The number of nitrogens with zero attached hydrogens (tertiary/aromatic N) is 1. The van der Waals surface area contributed by atoms with Gasteiger partial charge in [-0.1, -0.05) is 35.3 Å². The molecule has 0 atom stereocenters. The van der Waals surface area contributed by atoms with Gasteiger partial charge in [0.2, 0.25) is 0 Å². The van der Waals surface area contributed by atoms with Crippen molar-refractivity contribution in [2.45, 2.75) is 6.54 Å². The van der Waals surface area contributed by atoms with Gasteiger partial charge >= 0.3 is 0 Å². The van der Waals surface area contributed by atoms with Crippen LogP contribution in [0, 0.1) is 0 Å². The minimum absolute atomic E-state index is 0.0560. The molecule has 21 heavy (non-hydrogen) atoms. The van der Waals surface area contributed by atoms with Crippen LogP contribution in [-0.4, -0.2) is 22.5 Å². The largest absolute Gasteiger partial charge is 0.505 e. The van der Waals surface area contributed by atoms with E-state index in [2.05, 4.69) is 6.58 Å². The Kier molecular flexibility index (Phi) is 5.28. The van der Waals surface area contributed by atoms with Gasteiger partial charge < -0.3 is 10.0 Å². The van der Waals surface area contributed by atoms with Gasteiger partial charge in [-0.25, -0.2) is 0 Å². The number of rotatable bonds is 5. The summed E-state index contributed by atoms with van der Waals surface area (Å²) >= 11 is 13.3. The predicted molar refractivity (Wildman–Crippen MR) is 87.4 cm³/mol. The number of thiophene rings is 1. The summed E-state index contributed by atoms with van der Waals surface area (Å²) in [5.41, 5.74) is 0.334. The number of hydrogen-bond donors (Lipinski definition) is 1. The smallest absolute Gasteiger partial charge is 0.254 e. The third-order valence-corrected chi connectivity index (χ3v) is 4.26. The number of amides is 1. The third kappa shape index (κ3) is 3.79. The van der Waals surface area contributed by atoms with E-state index in [-0.39, 0.29) is 21.7 Å². The predicted octanol–water partition coefficient (Wildman–Crippen LogP) is 4.59. The zero-order valence-electron chi connectivity index (χ0n) is 11.1. The number of phenolic OH excluding ortho intramolecular Hbond substituents is 1. The summed E-state index contributed by atoms with van der Waals surface area (Å²) in [6, 6.07) is 6.72. The summed E-state index contributed by atoms with van der Waals surface area (Å²) < 4.78 is 0. The standard InChI is InChI=1S/C15H13Cl2NO2S/c1-2-5-18(9-11-4-3-6-21-11)15(20)10-7-12(16)14(19)13(17)8-10/h2-4,6-8,19H,1,5,9H2. The highest BCUT2D eigenvalue weighted by Gasteiger charge is 2.18. The molecule has 6 heteroatoms. The van der Waals surface area contributed by atoms with Crippen LogP contribution in [0.1, 0.15) is 15.2 Å². The van der Waals surface area contributed by atoms with Crippen LogP contribution in [0.2, 0.25) is 10.0 Å². The quantitative estimate of drug-likeness (QED) is 0.808. The van der Waals surface area contributed by atoms with Crippen LogP contribution >= 0.6 is 34.5 Å². The Balaban J connectivity index is 2.27. The van der Waals surface area contributed by atoms with E-state index in [4.69, 9.17) is 23.2 Å². The molecule has 0 aliphatic heterocycles. The van der Waals surface area contributed by atoms with E-state index in [1.807, 2.05) is 17.5 Å². The van der Waals surface area contributed by atoms with Crippen LogP contribution in [-0.2, 0) is 6.54 Å². The van der Waals surface area contributed by atoms with Crippen LogP contribution in [0.25, 0.3) is 0 Å². The Labute approximate surface area is 137 Å². The zero-order valence-corrected chi connectivity index (χ0v) is 13.4. The van der Waals surface area contributed by atoms with Gasteiger partial charge in [-0.3, -0.25) is 4.79 Å². The lowest BCUT2D eigenvalue weighted by Gasteiger charge is -2.21. The topological polar surface area (TPSA) is 40.5 Å². The zero-order chi connectivity index (χ0) is 15.4. The Morgan fingerprint density at radius 2 is 2.05 bits per heavy atom. The molecule has 0 radical (unpaired) electrons. The first-order valence-corrected chi connectivity index (χ1v) is 7.77. The fourth-order valence-electron chi connectivity index (χ4n) is 1.84. The van der Waals surface area contributed by atoms with E-state index in [1.54, 1.807) is 22.3 Å². The van der Waals surface area contributed by atoms with Crippen molar-refractivity contribution in [3.05, 3.63) is 62.8 Å². The summed E-state index contributed by atoms with van der Waals surface area (Å²) in [6.45, 7) is 4.57. The van der Waals surface area contributed by atoms with Gasteiger partial charge in [0, 0.05) is 17.0 Å². The number of aromatic hydroxyl groups is 1. The molecule has 0 spiro atoms. The third-order valence-electron chi connectivity index (χ3n) is 2.83. The van der Waals surface area contributed by atoms with E-state index < -0.39 is 0 Å². The van der Waals surface area contributed by atoms with Crippen LogP contribution in [0.3, 0.4) is 0 Å². The maximum absolute atomic E-state index is 12.6. The lowest BCUT2D eigenvalue weighted by Crippen LogP contribution is -2.30. The van der Waals surface area contributed by atoms with Crippen molar-refractivity contribution in [1.29, 1.82) is 0 Å². The first-order valence-electron chi connectivity index (χ1n) is 6.13. The maximum atomic E-state index is 12.6. The Hall–Kier alpha value is -1.49. The molecule has 2 rings (SSSR count). The van der Waals surface area contributed by atoms with Crippen molar-refractivity contribution >= 4 is 40.4 Å². The molecule has 0 unspecified atom stereocenters. The average Bonchev–Trinajstić information content (AvgIpc) is 2.96. The highest BCUT2D eigenvalue weighted by molar-refractivity contribution is 7.09. The monoisotopic (exact) mass is 341 g/mol. The number of benzene rings is 1. The van der Waals surface area contributed by atoms with Gasteiger partial charge in [-0.2, -0.15) is 0 Å². The first-order chi connectivity index (χ1) is 10.0. The van der Waals surface area contributed by atoms with Gasteiger partial charge in [-0.05, 0) is 23.6 Å². The molecule has 0 aliphatic carbocycles. The molecule has 0 saturated carbocycles. The van der Waals surface area contributed by atoms with Crippen LogP contribution in [0.5, 0.6) is 5.75 Å². The summed E-state index contributed by atoms with van der Waals surface area (Å²) in [5.74, 6) is -0.435. The van der Waals surface area contributed by atoms with Gasteiger partial charge in [0.15, 0.2) is 5.75 Å². The molecule has 1 amide bonds. The Bertz CT molecular complexity index is 633. The van der Waals surface area contributed by atoms with Crippen molar-refractivity contribution in [2.24, 2.45) is 0 Å². The van der Waals surface area contributed by atoms with Crippen molar-refractivity contribution in [2.75, 3.05) is 6.54 Å². The fourth-order valence-corrected chi connectivity index (χ4v) is 3.04. The second kappa shape index (κ2) is 6.98. The summed E-state index contributed by atoms with van der Waals surface area (Å²) in [4.78, 5) is 15.3. The SMILES string of the molecule is C=CCN(Cc1cccs1)C(=O)c1cc(Cl)c(O)c(Cl)c1. The molecule has 1 N–H and O–H groups in total. The van der Waals surface area contributed by atoms with E-state index >= 15 is 0 Å². The maximum Gasteiger partial charge on any atom is 0.254 e. The summed E-state index contributed by atoms with van der Waals surface area (Å²) in [7, 11) is 0. The van der Waals surface area contributed by atoms with Gasteiger partial charge in [0.25, 0.3) is 5.91 Å². The van der Waals surface area contributed by atoms with Crippen molar-refractivity contribution in [3.63, 3.8) is 0 Å². The molecule has 1 aromatic heterocycles. The van der Waals surface area contributed by atoms with Crippen LogP contribution in [0.4, 0.5) is 0 Å². The van der Waals surface area contributed by atoms with Crippen LogP contribution < -0.4 is 0 Å². The Morgan fingerprint density at radius 3 is 2.57 bits per heavy atom. The van der Waals surface area contributed by atoms with Crippen molar-refractivity contribution in [3.8, 4) is 5.75 Å². The second-order valence-corrected chi connectivity index (χ2v) is 6.19. The molecule has 0 saturated heterocycles. The lowest BCUT2D eigenvalue weighted by molar-refractivity contribution is 0.0764. The van der Waals surface area contributed by atoms with Crippen LogP contribution in [0.15, 0.2) is 42.3 Å². The summed E-state index contributed by atoms with van der Waals surface area (Å²) in [5, 5.41) is 11.6. The van der Waals surface area contributed by atoms with Gasteiger partial charge in [0.1, 0.15) is 0 Å². The number of carbonyl (C=O) groups is 1. The normalized spacial score (nSPS) is 10.4.